The first-order valence-corrected chi connectivity index (χ1v) is 8.87. The molecule has 0 saturated carbocycles. The van der Waals surface area contributed by atoms with Crippen LogP contribution < -0.4 is 15.4 Å². The van der Waals surface area contributed by atoms with Crippen LogP contribution >= 0.6 is 24.0 Å². The number of methoxy groups -OCH3 is 1. The molecule has 1 fully saturated rings. The topological polar surface area (TPSA) is 58.1 Å². The minimum Gasteiger partial charge on any atom is -0.496 e. The van der Waals surface area contributed by atoms with Crippen LogP contribution in [0.3, 0.4) is 0 Å². The highest BCUT2D eigenvalue weighted by Gasteiger charge is 2.28. The van der Waals surface area contributed by atoms with Crippen LogP contribution in [0.1, 0.15) is 25.0 Å². The average molecular weight is 476 g/mol. The third-order valence-corrected chi connectivity index (χ3v) is 4.67. The second-order valence-corrected chi connectivity index (χ2v) is 7.01. The van der Waals surface area contributed by atoms with E-state index in [1.807, 2.05) is 0 Å². The summed E-state index contributed by atoms with van der Waals surface area (Å²) in [4.78, 5) is 6.79. The summed E-state index contributed by atoms with van der Waals surface area (Å²) in [7, 11) is 3.50. The van der Waals surface area contributed by atoms with Gasteiger partial charge in [-0.15, -0.1) is 24.0 Å². The van der Waals surface area contributed by atoms with Gasteiger partial charge in [-0.05, 0) is 32.4 Å². The Morgan fingerprint density at radius 1 is 1.27 bits per heavy atom. The minimum absolute atomic E-state index is 0. The molecule has 6 nitrogen and oxygen atoms in total. The lowest BCUT2D eigenvalue weighted by Crippen LogP contribution is -2.56. The maximum absolute atomic E-state index is 5.47. The summed E-state index contributed by atoms with van der Waals surface area (Å²) in [5.74, 6) is 1.69. The van der Waals surface area contributed by atoms with Crippen LogP contribution in [-0.2, 0) is 11.3 Å². The summed E-state index contributed by atoms with van der Waals surface area (Å²) >= 11 is 0. The van der Waals surface area contributed by atoms with E-state index in [9.17, 15) is 0 Å². The van der Waals surface area contributed by atoms with Gasteiger partial charge >= 0.3 is 0 Å². The Labute approximate surface area is 174 Å². The van der Waals surface area contributed by atoms with E-state index in [0.717, 1.165) is 50.1 Å². The van der Waals surface area contributed by atoms with E-state index in [0.29, 0.717) is 6.54 Å². The largest absolute Gasteiger partial charge is 0.496 e. The van der Waals surface area contributed by atoms with Crippen LogP contribution in [0.15, 0.2) is 23.2 Å². The highest BCUT2D eigenvalue weighted by atomic mass is 127. The van der Waals surface area contributed by atoms with Crippen molar-refractivity contribution in [3.05, 3.63) is 29.3 Å². The molecule has 0 spiro atoms. The summed E-state index contributed by atoms with van der Waals surface area (Å²) in [5.41, 5.74) is 2.35. The van der Waals surface area contributed by atoms with E-state index < -0.39 is 0 Å². The highest BCUT2D eigenvalue weighted by Crippen LogP contribution is 2.19. The van der Waals surface area contributed by atoms with Crippen LogP contribution in [0.4, 0.5) is 0 Å². The molecule has 1 aliphatic rings. The lowest BCUT2D eigenvalue weighted by molar-refractivity contribution is -0.00834. The first-order chi connectivity index (χ1) is 12.0. The van der Waals surface area contributed by atoms with Gasteiger partial charge in [-0.25, -0.2) is 0 Å². The van der Waals surface area contributed by atoms with E-state index in [-0.39, 0.29) is 29.5 Å². The van der Waals surface area contributed by atoms with Crippen LogP contribution in [0.25, 0.3) is 0 Å². The fourth-order valence-corrected chi connectivity index (χ4v) is 2.98. The van der Waals surface area contributed by atoms with E-state index in [1.54, 1.807) is 14.2 Å². The molecule has 0 aliphatic carbocycles. The standard InChI is InChI=1S/C19H32N4O2.HI/c1-15-6-7-16(17(12-15)24-5)13-21-18(20-4)22-14-19(2,3)23-8-10-25-11-9-23;/h6-7,12H,8-11,13-14H2,1-5H3,(H2,20,21,22);1H. The molecule has 1 aliphatic heterocycles. The van der Waals surface area contributed by atoms with Crippen LogP contribution in [0, 0.1) is 6.92 Å². The van der Waals surface area contributed by atoms with E-state index in [4.69, 9.17) is 9.47 Å². The molecule has 1 saturated heterocycles. The maximum Gasteiger partial charge on any atom is 0.191 e. The Balaban J connectivity index is 0.00000338. The van der Waals surface area contributed by atoms with Crippen molar-refractivity contribution in [2.24, 2.45) is 4.99 Å². The van der Waals surface area contributed by atoms with Crippen LogP contribution in [0.5, 0.6) is 5.75 Å². The third-order valence-electron chi connectivity index (χ3n) is 4.67. The van der Waals surface area contributed by atoms with Crippen molar-refractivity contribution in [3.63, 3.8) is 0 Å². The van der Waals surface area contributed by atoms with Gasteiger partial charge in [0, 0.05) is 44.3 Å². The van der Waals surface area contributed by atoms with E-state index in [2.05, 4.69) is 59.5 Å². The van der Waals surface area contributed by atoms with Crippen molar-refractivity contribution in [2.75, 3.05) is 47.0 Å². The molecule has 2 rings (SSSR count). The zero-order chi connectivity index (χ0) is 18.3. The van der Waals surface area contributed by atoms with Gasteiger partial charge in [0.15, 0.2) is 5.96 Å². The SMILES string of the molecule is CN=C(NCc1ccc(C)cc1OC)NCC(C)(C)N1CCOCC1.I. The molecule has 7 heteroatoms. The average Bonchev–Trinajstić information content (AvgIpc) is 2.63. The monoisotopic (exact) mass is 476 g/mol. The Morgan fingerprint density at radius 3 is 2.58 bits per heavy atom. The number of rotatable bonds is 6. The van der Waals surface area contributed by atoms with Gasteiger partial charge in [0.2, 0.25) is 0 Å². The van der Waals surface area contributed by atoms with Gasteiger partial charge in [0.1, 0.15) is 5.75 Å². The Hall–Kier alpha value is -1.06. The molecule has 0 bridgehead atoms. The Bertz CT molecular complexity index is 587. The lowest BCUT2D eigenvalue weighted by atomic mass is 10.0. The van der Waals surface area contributed by atoms with Crippen molar-refractivity contribution in [3.8, 4) is 5.75 Å². The maximum atomic E-state index is 5.47. The number of morpholine rings is 1. The molecule has 0 amide bonds. The molecule has 0 radical (unpaired) electrons. The molecular formula is C19H33IN4O2. The van der Waals surface area contributed by atoms with Gasteiger partial charge in [0.05, 0.1) is 20.3 Å². The normalized spacial score (nSPS) is 16.0. The predicted octanol–water partition coefficient (Wildman–Crippen LogP) is 2.40. The molecule has 0 unspecified atom stereocenters. The number of halogens is 1. The summed E-state index contributed by atoms with van der Waals surface area (Å²) < 4.78 is 10.9. The number of ether oxygens (including phenoxy) is 2. The Kier molecular flexibility index (Phi) is 9.67. The van der Waals surface area contributed by atoms with Gasteiger partial charge < -0.3 is 20.1 Å². The number of aryl methyl sites for hydroxylation is 1. The number of hydrogen-bond donors (Lipinski definition) is 2. The molecule has 2 N–H and O–H groups in total. The molecule has 0 aromatic heterocycles. The summed E-state index contributed by atoms with van der Waals surface area (Å²) in [5, 5.41) is 6.81. The van der Waals surface area contributed by atoms with Gasteiger partial charge in [-0.2, -0.15) is 0 Å². The first kappa shape index (κ1) is 23.0. The molecule has 1 aromatic rings. The van der Waals surface area contributed by atoms with Crippen molar-refractivity contribution in [1.82, 2.24) is 15.5 Å². The lowest BCUT2D eigenvalue weighted by Gasteiger charge is -2.41. The number of guanidine groups is 1. The smallest absolute Gasteiger partial charge is 0.191 e. The second kappa shape index (κ2) is 10.9. The highest BCUT2D eigenvalue weighted by molar-refractivity contribution is 14.0. The summed E-state index contributed by atoms with van der Waals surface area (Å²) in [6.07, 6.45) is 0. The van der Waals surface area contributed by atoms with E-state index >= 15 is 0 Å². The number of benzene rings is 1. The molecule has 148 valence electrons. The van der Waals surface area contributed by atoms with Gasteiger partial charge in [-0.3, -0.25) is 9.89 Å². The second-order valence-electron chi connectivity index (χ2n) is 7.01. The summed E-state index contributed by atoms with van der Waals surface area (Å²) in [6, 6.07) is 6.23. The zero-order valence-corrected chi connectivity index (χ0v) is 18.9. The fraction of sp³-hybridized carbons (Fsp3) is 0.632. The van der Waals surface area contributed by atoms with Gasteiger partial charge in [0.25, 0.3) is 0 Å². The fourth-order valence-electron chi connectivity index (χ4n) is 2.98. The van der Waals surface area contributed by atoms with Crippen molar-refractivity contribution in [1.29, 1.82) is 0 Å². The molecule has 1 heterocycles. The number of nitrogens with one attached hydrogen (secondary N) is 2. The van der Waals surface area contributed by atoms with Crippen LogP contribution in [0.2, 0.25) is 0 Å². The van der Waals surface area contributed by atoms with Crippen molar-refractivity contribution >= 4 is 29.9 Å². The third kappa shape index (κ3) is 6.59. The Morgan fingerprint density at radius 2 is 1.96 bits per heavy atom. The van der Waals surface area contributed by atoms with E-state index in [1.165, 1.54) is 5.56 Å². The zero-order valence-electron chi connectivity index (χ0n) is 16.6. The predicted molar refractivity (Wildman–Crippen MR) is 118 cm³/mol. The number of aliphatic imine (C=N–C) groups is 1. The van der Waals surface area contributed by atoms with Crippen molar-refractivity contribution < 1.29 is 9.47 Å². The summed E-state index contributed by atoms with van der Waals surface area (Å²) in [6.45, 7) is 11.6. The quantitative estimate of drug-likeness (QED) is 0.375. The molecule has 1 aromatic carbocycles. The number of hydrogen-bond acceptors (Lipinski definition) is 4. The first-order valence-electron chi connectivity index (χ1n) is 8.87. The molecule has 26 heavy (non-hydrogen) atoms. The van der Waals surface area contributed by atoms with Gasteiger partial charge in [-0.1, -0.05) is 12.1 Å². The molecule has 0 atom stereocenters. The minimum atomic E-state index is 0. The van der Waals surface area contributed by atoms with Crippen LogP contribution in [-0.4, -0.2) is 63.4 Å². The number of nitrogens with zero attached hydrogens (tertiary/aromatic N) is 2. The molecular weight excluding hydrogens is 443 g/mol. The van der Waals surface area contributed by atoms with Crippen molar-refractivity contribution in [2.45, 2.75) is 32.9 Å².